The summed E-state index contributed by atoms with van der Waals surface area (Å²) in [6.45, 7) is 1.14. The minimum absolute atomic E-state index is 0. The number of ketones is 1. The van der Waals surface area contributed by atoms with Gasteiger partial charge in [0.05, 0.1) is 13.1 Å². The number of ether oxygens (including phenoxy) is 1. The maximum Gasteiger partial charge on any atom is 1.00 e. The second-order valence-corrected chi connectivity index (χ2v) is 3.33. The number of carbonyl (C=O) groups is 2. The normalized spacial score (nSPS) is 10.4. The van der Waals surface area contributed by atoms with Crippen molar-refractivity contribution in [2.45, 2.75) is 6.92 Å². The summed E-state index contributed by atoms with van der Waals surface area (Å²) in [5.41, 5.74) is -0.00760. The van der Waals surface area contributed by atoms with Crippen LogP contribution in [0.15, 0.2) is 23.8 Å². The summed E-state index contributed by atoms with van der Waals surface area (Å²) in [6, 6.07) is 4.22. The number of rotatable bonds is 4. The number of methoxy groups -OCH3 is 1. The average molecular weight is 321 g/mol. The van der Waals surface area contributed by atoms with Crippen molar-refractivity contribution in [3.05, 3.63) is 29.3 Å². The second-order valence-electron chi connectivity index (χ2n) is 3.33. The average Bonchev–Trinajstić information content (AvgIpc) is 2.26. The first-order valence-electron chi connectivity index (χ1n) is 4.76. The van der Waals surface area contributed by atoms with Gasteiger partial charge in [-0.05, 0) is 30.7 Å². The third-order valence-electron chi connectivity index (χ3n) is 2.11. The molecule has 18 heavy (non-hydrogen) atoms. The predicted molar refractivity (Wildman–Crippen MR) is 58.3 cm³/mol. The van der Waals surface area contributed by atoms with Crippen molar-refractivity contribution in [2.24, 2.45) is 0 Å². The van der Waals surface area contributed by atoms with Crippen molar-refractivity contribution in [1.82, 2.24) is 0 Å². The molecule has 0 heterocycles. The number of carboxylic acid groups (broad SMARTS) is 1. The van der Waals surface area contributed by atoms with Crippen molar-refractivity contribution in [3.8, 4) is 11.5 Å². The topological polar surface area (TPSA) is 86.7 Å². The Labute approximate surface area is 153 Å². The maximum atomic E-state index is 11.0. The molecule has 0 saturated carbocycles. The van der Waals surface area contributed by atoms with Gasteiger partial charge in [0.15, 0.2) is 17.3 Å². The van der Waals surface area contributed by atoms with E-state index in [4.69, 9.17) is 4.74 Å². The minimum Gasteiger partial charge on any atom is -0.545 e. The molecule has 0 amide bonds. The zero-order valence-corrected chi connectivity index (χ0v) is 15.3. The van der Waals surface area contributed by atoms with Crippen LogP contribution in [0.25, 0.3) is 6.08 Å². The zero-order chi connectivity index (χ0) is 13.0. The van der Waals surface area contributed by atoms with Crippen molar-refractivity contribution in [3.63, 3.8) is 0 Å². The first-order valence-corrected chi connectivity index (χ1v) is 4.76. The molecule has 0 aliphatic rings. The summed E-state index contributed by atoms with van der Waals surface area (Å²) in [7, 11) is 1.37. The van der Waals surface area contributed by atoms with Gasteiger partial charge in [-0.2, -0.15) is 0 Å². The van der Waals surface area contributed by atoms with E-state index in [0.717, 1.165) is 6.92 Å². The third-order valence-corrected chi connectivity index (χ3v) is 2.11. The number of phenols is 1. The van der Waals surface area contributed by atoms with Gasteiger partial charge in [0.1, 0.15) is 0 Å². The summed E-state index contributed by atoms with van der Waals surface area (Å²) in [5.74, 6) is -2.01. The number of Topliss-reactive ketones (excluding diaryl/α,β-unsaturated/α-hetero) is 1. The molecule has 1 N–H and O–H groups in total. The molecule has 0 atom stereocenters. The van der Waals surface area contributed by atoms with Crippen molar-refractivity contribution >= 4 is 17.8 Å². The molecule has 0 fully saturated rings. The molecule has 1 aromatic rings. The standard InChI is InChI=1S/C12H12O5.Rb/c1-7(13)9(12(15)16)5-8-3-4-10(14)11(6-8)17-2;/h3-6,14H,1-2H3,(H,15,16);/q;+1/p-1/b9-5-;. The number of aliphatic carboxylic acids is 1. The molecule has 0 saturated heterocycles. The van der Waals surface area contributed by atoms with Crippen LogP contribution in [0, 0.1) is 0 Å². The monoisotopic (exact) mass is 320 g/mol. The molecule has 0 bridgehead atoms. The number of carboxylic acids is 1. The Morgan fingerprint density at radius 2 is 2.00 bits per heavy atom. The Kier molecular flexibility index (Phi) is 7.62. The quantitative estimate of drug-likeness (QED) is 0.366. The van der Waals surface area contributed by atoms with E-state index in [1.165, 1.54) is 31.4 Å². The maximum absolute atomic E-state index is 11.0. The molecular formula is C12H11O5Rb. The number of hydrogen-bond acceptors (Lipinski definition) is 5. The largest absolute Gasteiger partial charge is 1.00 e. The third kappa shape index (κ3) is 4.64. The molecule has 0 aromatic heterocycles. The molecule has 1 aromatic carbocycles. The van der Waals surface area contributed by atoms with Gasteiger partial charge >= 0.3 is 58.2 Å². The Balaban J connectivity index is 0.00000289. The SMILES string of the molecule is COc1cc(/C=C(/C(C)=O)C(=O)[O-])ccc1O.[Rb+]. The molecule has 0 aliphatic carbocycles. The van der Waals surface area contributed by atoms with Gasteiger partial charge in [-0.1, -0.05) is 6.07 Å². The predicted octanol–water partition coefficient (Wildman–Crippen LogP) is -2.87. The number of hydrogen-bond donors (Lipinski definition) is 1. The smallest absolute Gasteiger partial charge is 0.545 e. The van der Waals surface area contributed by atoms with Gasteiger partial charge in [0, 0.05) is 5.57 Å². The van der Waals surface area contributed by atoms with Crippen LogP contribution in [0.2, 0.25) is 0 Å². The van der Waals surface area contributed by atoms with Crippen LogP contribution in [0.5, 0.6) is 11.5 Å². The molecule has 0 aliphatic heterocycles. The van der Waals surface area contributed by atoms with Crippen molar-refractivity contribution in [1.29, 1.82) is 0 Å². The second kappa shape index (κ2) is 7.83. The van der Waals surface area contributed by atoms with Crippen LogP contribution >= 0.6 is 0 Å². The molecule has 6 heteroatoms. The van der Waals surface area contributed by atoms with Gasteiger partial charge in [0.2, 0.25) is 0 Å². The van der Waals surface area contributed by atoms with Crippen LogP contribution in [-0.2, 0) is 9.59 Å². The van der Waals surface area contributed by atoms with E-state index in [0.29, 0.717) is 5.56 Å². The van der Waals surface area contributed by atoms with Gasteiger partial charge in [-0.3, -0.25) is 4.79 Å². The molecule has 0 unspecified atom stereocenters. The van der Waals surface area contributed by atoms with Crippen LogP contribution in [0.4, 0.5) is 0 Å². The Bertz CT molecular complexity index is 477. The summed E-state index contributed by atoms with van der Waals surface area (Å²) < 4.78 is 4.86. The van der Waals surface area contributed by atoms with Crippen LogP contribution in [0.1, 0.15) is 12.5 Å². The van der Waals surface area contributed by atoms with E-state index >= 15 is 0 Å². The molecule has 0 radical (unpaired) electrons. The molecule has 0 spiro atoms. The first kappa shape index (κ1) is 17.5. The number of carbonyl (C=O) groups excluding carboxylic acids is 2. The van der Waals surface area contributed by atoms with Gasteiger partial charge in [0.25, 0.3) is 0 Å². The fourth-order valence-corrected chi connectivity index (χ4v) is 1.25. The number of benzene rings is 1. The summed E-state index contributed by atoms with van der Waals surface area (Å²) >= 11 is 0. The Hall–Kier alpha value is -0.495. The van der Waals surface area contributed by atoms with E-state index in [2.05, 4.69) is 0 Å². The minimum atomic E-state index is -1.54. The van der Waals surface area contributed by atoms with Crippen LogP contribution in [-0.4, -0.2) is 24.0 Å². The van der Waals surface area contributed by atoms with Gasteiger partial charge in [-0.15, -0.1) is 0 Å². The molecule has 5 nitrogen and oxygen atoms in total. The van der Waals surface area contributed by atoms with Gasteiger partial charge in [-0.25, -0.2) is 0 Å². The summed E-state index contributed by atoms with van der Waals surface area (Å²) in [4.78, 5) is 21.7. The molecular weight excluding hydrogens is 310 g/mol. The first-order chi connectivity index (χ1) is 7.95. The van der Waals surface area contributed by atoms with E-state index in [1.54, 1.807) is 0 Å². The Morgan fingerprint density at radius 3 is 2.44 bits per heavy atom. The van der Waals surface area contributed by atoms with Crippen LogP contribution < -0.4 is 68.0 Å². The van der Waals surface area contributed by atoms with E-state index in [-0.39, 0.29) is 69.7 Å². The zero-order valence-electron chi connectivity index (χ0n) is 10.4. The van der Waals surface area contributed by atoms with E-state index in [9.17, 15) is 19.8 Å². The number of phenolic OH excluding ortho intramolecular Hbond substituents is 1. The van der Waals surface area contributed by atoms with Crippen molar-refractivity contribution in [2.75, 3.05) is 7.11 Å². The summed E-state index contributed by atoms with van der Waals surface area (Å²) in [6.07, 6.45) is 1.17. The van der Waals surface area contributed by atoms with E-state index in [1.807, 2.05) is 0 Å². The summed E-state index contributed by atoms with van der Waals surface area (Å²) in [5, 5.41) is 20.0. The molecule has 90 valence electrons. The van der Waals surface area contributed by atoms with Crippen molar-refractivity contribution < 1.29 is 82.7 Å². The van der Waals surface area contributed by atoms with E-state index < -0.39 is 17.3 Å². The Morgan fingerprint density at radius 1 is 1.39 bits per heavy atom. The number of aromatic hydroxyl groups is 1. The van der Waals surface area contributed by atoms with Crippen LogP contribution in [0.3, 0.4) is 0 Å². The fourth-order valence-electron chi connectivity index (χ4n) is 1.25. The molecule has 1 rings (SSSR count). The fraction of sp³-hybridized carbons (Fsp3) is 0.167. The van der Waals surface area contributed by atoms with Gasteiger partial charge < -0.3 is 19.7 Å².